The number of nitrogens with zero attached hydrogens (tertiary/aromatic N) is 3. The molecule has 4 rings (SSSR count). The van der Waals surface area contributed by atoms with Gasteiger partial charge in [-0.3, -0.25) is 9.69 Å². The molecule has 1 saturated heterocycles. The van der Waals surface area contributed by atoms with E-state index < -0.39 is 17.6 Å². The van der Waals surface area contributed by atoms with Crippen molar-refractivity contribution in [2.45, 2.75) is 12.5 Å². The lowest BCUT2D eigenvalue weighted by Gasteiger charge is -2.16. The summed E-state index contributed by atoms with van der Waals surface area (Å²) in [5, 5.41) is 6.12. The standard InChI is InChI=1S/C28H32ClF2N5O5/c1-38-9-11-40-19-5-7-36(16-19)8-6-23(31)28(37)35-25-14-20-24(15-26(25)41-12-10-39-2)32-17-33-27(20)34-18-3-4-22(30)21(29)13-18/h3-4,6,13-15,17,19H,5,7-12,16H2,1-2H3,(H,35,37)(H,32,33,34). The van der Waals surface area contributed by atoms with Crippen LogP contribution in [-0.4, -0.2) is 87.2 Å². The van der Waals surface area contributed by atoms with E-state index in [0.717, 1.165) is 13.0 Å². The number of anilines is 3. The molecule has 2 heterocycles. The molecule has 1 atom stereocenters. The Bertz CT molecular complexity index is 1380. The Balaban J connectivity index is 1.51. The molecule has 10 nitrogen and oxygen atoms in total. The predicted molar refractivity (Wildman–Crippen MR) is 152 cm³/mol. The van der Waals surface area contributed by atoms with Crippen LogP contribution >= 0.6 is 11.6 Å². The van der Waals surface area contributed by atoms with Crippen LogP contribution in [0.4, 0.5) is 26.0 Å². The third-order valence-electron chi connectivity index (χ3n) is 6.33. The first-order valence-corrected chi connectivity index (χ1v) is 13.4. The highest BCUT2D eigenvalue weighted by Crippen LogP contribution is 2.34. The minimum Gasteiger partial charge on any atom is -0.489 e. The lowest BCUT2D eigenvalue weighted by Crippen LogP contribution is -2.25. The molecule has 0 aliphatic carbocycles. The number of carbonyl (C=O) groups is 1. The molecule has 0 spiro atoms. The maximum Gasteiger partial charge on any atom is 0.284 e. The number of aromatic nitrogens is 2. The first-order chi connectivity index (χ1) is 19.9. The number of ether oxygens (including phenoxy) is 4. The highest BCUT2D eigenvalue weighted by atomic mass is 35.5. The van der Waals surface area contributed by atoms with Crippen LogP contribution in [0.15, 0.2) is 48.6 Å². The maximum absolute atomic E-state index is 14.9. The van der Waals surface area contributed by atoms with Gasteiger partial charge < -0.3 is 29.6 Å². The second kappa shape index (κ2) is 15.0. The Kier molecular flexibility index (Phi) is 11.2. The summed E-state index contributed by atoms with van der Waals surface area (Å²) in [5.41, 5.74) is 1.20. The Morgan fingerprint density at radius 1 is 1.15 bits per heavy atom. The summed E-state index contributed by atoms with van der Waals surface area (Å²) in [6.07, 6.45) is 3.47. The van der Waals surface area contributed by atoms with Crippen molar-refractivity contribution in [3.63, 3.8) is 0 Å². The van der Waals surface area contributed by atoms with Gasteiger partial charge in [0.1, 0.15) is 30.3 Å². The summed E-state index contributed by atoms with van der Waals surface area (Å²) in [6, 6.07) is 7.35. The fourth-order valence-corrected chi connectivity index (χ4v) is 4.41. The molecular formula is C28H32ClF2N5O5. The van der Waals surface area contributed by atoms with Crippen molar-refractivity contribution < 1.29 is 32.5 Å². The number of amides is 1. The molecule has 41 heavy (non-hydrogen) atoms. The summed E-state index contributed by atoms with van der Waals surface area (Å²) in [5.74, 6) is -1.77. The van der Waals surface area contributed by atoms with E-state index in [1.807, 2.05) is 4.90 Å². The normalized spacial score (nSPS) is 15.8. The molecule has 1 aliphatic rings. The molecule has 2 aromatic carbocycles. The molecule has 13 heteroatoms. The Morgan fingerprint density at radius 2 is 1.95 bits per heavy atom. The average Bonchev–Trinajstić information content (AvgIpc) is 3.42. The van der Waals surface area contributed by atoms with Gasteiger partial charge in [-0.25, -0.2) is 18.7 Å². The molecule has 0 bridgehead atoms. The first kappa shape index (κ1) is 30.5. The summed E-state index contributed by atoms with van der Waals surface area (Å²) in [7, 11) is 3.15. The number of carbonyl (C=O) groups excluding carboxylic acids is 1. The third kappa shape index (κ3) is 8.54. The monoisotopic (exact) mass is 591 g/mol. The number of rotatable bonds is 14. The van der Waals surface area contributed by atoms with Crippen LogP contribution in [0.2, 0.25) is 5.02 Å². The number of halogens is 3. The minimum atomic E-state index is -0.930. The van der Waals surface area contributed by atoms with Crippen molar-refractivity contribution in [3.05, 3.63) is 59.4 Å². The van der Waals surface area contributed by atoms with E-state index in [1.54, 1.807) is 19.2 Å². The largest absolute Gasteiger partial charge is 0.489 e. The summed E-state index contributed by atoms with van der Waals surface area (Å²) < 4.78 is 50.1. The number of nitrogens with one attached hydrogen (secondary N) is 2. The number of fused-ring (bicyclic) bond motifs is 1. The van der Waals surface area contributed by atoms with Gasteiger partial charge in [-0.2, -0.15) is 0 Å². The number of hydrogen-bond donors (Lipinski definition) is 2. The van der Waals surface area contributed by atoms with Crippen molar-refractivity contribution in [2.75, 3.05) is 70.9 Å². The summed E-state index contributed by atoms with van der Waals surface area (Å²) in [4.78, 5) is 23.4. The molecule has 0 radical (unpaired) electrons. The molecule has 1 fully saturated rings. The zero-order valence-corrected chi connectivity index (χ0v) is 23.5. The number of benzene rings is 2. The topological polar surface area (TPSA) is 107 Å². The number of methoxy groups -OCH3 is 2. The van der Waals surface area contributed by atoms with Crippen molar-refractivity contribution >= 4 is 45.6 Å². The van der Waals surface area contributed by atoms with Crippen molar-refractivity contribution in [1.82, 2.24) is 14.9 Å². The van der Waals surface area contributed by atoms with Crippen LogP contribution in [-0.2, 0) is 19.0 Å². The number of likely N-dealkylation sites (tertiary alicyclic amines) is 1. The second-order valence-electron chi connectivity index (χ2n) is 9.22. The zero-order valence-electron chi connectivity index (χ0n) is 22.8. The lowest BCUT2D eigenvalue weighted by atomic mass is 10.1. The first-order valence-electron chi connectivity index (χ1n) is 13.0. The fourth-order valence-electron chi connectivity index (χ4n) is 4.23. The minimum absolute atomic E-state index is 0.0517. The molecular weight excluding hydrogens is 560 g/mol. The Morgan fingerprint density at radius 3 is 2.73 bits per heavy atom. The molecule has 2 N–H and O–H groups in total. The highest BCUT2D eigenvalue weighted by molar-refractivity contribution is 6.31. The summed E-state index contributed by atoms with van der Waals surface area (Å²) in [6.45, 7) is 3.15. The van der Waals surface area contributed by atoms with Crippen LogP contribution in [0, 0.1) is 5.82 Å². The Hall–Kier alpha value is -3.42. The SMILES string of the molecule is COCCOc1cc2ncnc(Nc3ccc(F)c(Cl)c3)c2cc1NC(=O)C(F)=CCN1CCC(OCCOC)C1. The van der Waals surface area contributed by atoms with Crippen molar-refractivity contribution in [1.29, 1.82) is 0 Å². The van der Waals surface area contributed by atoms with Crippen LogP contribution in [0.25, 0.3) is 10.9 Å². The van der Waals surface area contributed by atoms with Gasteiger partial charge in [0.2, 0.25) is 0 Å². The smallest absolute Gasteiger partial charge is 0.284 e. The lowest BCUT2D eigenvalue weighted by molar-refractivity contribution is -0.114. The van der Waals surface area contributed by atoms with Gasteiger partial charge >= 0.3 is 0 Å². The molecule has 1 aromatic heterocycles. The van der Waals surface area contributed by atoms with E-state index in [2.05, 4.69) is 20.6 Å². The van der Waals surface area contributed by atoms with Gasteiger partial charge in [0.25, 0.3) is 5.91 Å². The highest BCUT2D eigenvalue weighted by Gasteiger charge is 2.23. The fraction of sp³-hybridized carbons (Fsp3) is 0.393. The van der Waals surface area contributed by atoms with Crippen molar-refractivity contribution in [2.24, 2.45) is 0 Å². The quantitative estimate of drug-likeness (QED) is 0.203. The molecule has 1 amide bonds. The van der Waals surface area contributed by atoms with Gasteiger partial charge in [-0.05, 0) is 36.8 Å². The van der Waals surface area contributed by atoms with E-state index in [-0.39, 0.29) is 35.7 Å². The van der Waals surface area contributed by atoms with Gasteiger partial charge in [0.15, 0.2) is 5.83 Å². The average molecular weight is 592 g/mol. The van der Waals surface area contributed by atoms with Gasteiger partial charge in [-0.1, -0.05) is 11.6 Å². The van der Waals surface area contributed by atoms with E-state index in [9.17, 15) is 13.6 Å². The van der Waals surface area contributed by atoms with Gasteiger partial charge in [0, 0.05) is 51.0 Å². The second-order valence-corrected chi connectivity index (χ2v) is 9.63. The van der Waals surface area contributed by atoms with Crippen LogP contribution in [0.3, 0.4) is 0 Å². The van der Waals surface area contributed by atoms with Gasteiger partial charge in [0.05, 0.1) is 42.2 Å². The Labute approximate surface area is 241 Å². The van der Waals surface area contributed by atoms with E-state index >= 15 is 0 Å². The predicted octanol–water partition coefficient (Wildman–Crippen LogP) is 4.72. The van der Waals surface area contributed by atoms with Crippen molar-refractivity contribution in [3.8, 4) is 5.75 Å². The van der Waals surface area contributed by atoms with Gasteiger partial charge in [-0.15, -0.1) is 0 Å². The third-order valence-corrected chi connectivity index (χ3v) is 6.62. The van der Waals surface area contributed by atoms with E-state index in [1.165, 1.54) is 37.7 Å². The number of hydrogen-bond acceptors (Lipinski definition) is 9. The maximum atomic E-state index is 14.9. The molecule has 220 valence electrons. The zero-order chi connectivity index (χ0) is 29.2. The van der Waals surface area contributed by atoms with E-state index in [4.69, 9.17) is 30.5 Å². The molecule has 1 aliphatic heterocycles. The molecule has 1 unspecified atom stereocenters. The van der Waals surface area contributed by atoms with Crippen LogP contribution in [0.1, 0.15) is 6.42 Å². The molecule has 0 saturated carbocycles. The van der Waals surface area contributed by atoms with Crippen LogP contribution < -0.4 is 15.4 Å². The van der Waals surface area contributed by atoms with Crippen LogP contribution in [0.5, 0.6) is 5.75 Å². The van der Waals surface area contributed by atoms with E-state index in [0.29, 0.717) is 48.8 Å². The molecule has 3 aromatic rings. The summed E-state index contributed by atoms with van der Waals surface area (Å²) >= 11 is 5.91.